The highest BCUT2D eigenvalue weighted by molar-refractivity contribution is 5.71. The minimum atomic E-state index is 0.709. The number of hydrogen-bond acceptors (Lipinski definition) is 4. The van der Waals surface area contributed by atoms with Crippen LogP contribution in [-0.4, -0.2) is 24.1 Å². The monoisotopic (exact) mass is 418 g/mol. The van der Waals surface area contributed by atoms with Crippen LogP contribution in [0, 0.1) is 5.92 Å². The van der Waals surface area contributed by atoms with Crippen molar-refractivity contribution in [3.8, 4) is 11.3 Å². The van der Waals surface area contributed by atoms with E-state index in [-0.39, 0.29) is 0 Å². The van der Waals surface area contributed by atoms with Crippen LogP contribution in [0.1, 0.15) is 52.9 Å². The molecule has 3 aromatic heterocycles. The summed E-state index contributed by atoms with van der Waals surface area (Å²) in [7, 11) is 1.91. The number of nitrogens with zero attached hydrogens (tertiary/aromatic N) is 5. The number of allylic oxidation sites excluding steroid dienone is 5. The lowest BCUT2D eigenvalue weighted by Crippen LogP contribution is -2.04. The maximum Gasteiger partial charge on any atom is 0.180 e. The molecule has 6 heteroatoms. The van der Waals surface area contributed by atoms with Crippen LogP contribution in [0.2, 0.25) is 0 Å². The van der Waals surface area contributed by atoms with Crippen LogP contribution < -0.4 is 5.32 Å². The Kier molecular flexibility index (Phi) is 7.82. The van der Waals surface area contributed by atoms with Crippen molar-refractivity contribution in [3.05, 3.63) is 67.1 Å². The van der Waals surface area contributed by atoms with Gasteiger partial charge in [-0.3, -0.25) is 9.08 Å². The van der Waals surface area contributed by atoms with Gasteiger partial charge in [-0.2, -0.15) is 5.10 Å². The fraction of sp³-hybridized carbons (Fsp3) is 0.400. The highest BCUT2D eigenvalue weighted by Crippen LogP contribution is 2.26. The topological polar surface area (TPSA) is 60.0 Å². The second kappa shape index (κ2) is 10.8. The molecule has 0 aliphatic heterocycles. The van der Waals surface area contributed by atoms with Crippen molar-refractivity contribution >= 4 is 11.5 Å². The molecule has 0 fully saturated rings. The van der Waals surface area contributed by atoms with E-state index in [2.05, 4.69) is 59.9 Å². The zero-order valence-corrected chi connectivity index (χ0v) is 19.2. The largest absolute Gasteiger partial charge is 0.341 e. The Morgan fingerprint density at radius 2 is 1.97 bits per heavy atom. The van der Waals surface area contributed by atoms with Gasteiger partial charge < -0.3 is 5.32 Å². The predicted molar refractivity (Wildman–Crippen MR) is 129 cm³/mol. The van der Waals surface area contributed by atoms with Gasteiger partial charge in [0.25, 0.3) is 0 Å². The molecule has 3 aromatic rings. The molecule has 164 valence electrons. The first-order chi connectivity index (χ1) is 15.0. The van der Waals surface area contributed by atoms with Crippen LogP contribution >= 0.6 is 0 Å². The molecule has 3 rings (SSSR count). The minimum Gasteiger partial charge on any atom is -0.341 e. The summed E-state index contributed by atoms with van der Waals surface area (Å²) in [6.45, 7) is 10.5. The zero-order chi connectivity index (χ0) is 22.2. The van der Waals surface area contributed by atoms with Crippen LogP contribution in [0.25, 0.3) is 16.9 Å². The molecule has 0 aliphatic carbocycles. The normalized spacial score (nSPS) is 12.7. The number of aromatic nitrogens is 5. The molecule has 3 heterocycles. The highest BCUT2D eigenvalue weighted by Gasteiger charge is 2.12. The predicted octanol–water partition coefficient (Wildman–Crippen LogP) is 6.16. The van der Waals surface area contributed by atoms with Gasteiger partial charge in [0, 0.05) is 36.9 Å². The van der Waals surface area contributed by atoms with E-state index in [1.807, 2.05) is 42.3 Å². The Labute approximate surface area is 185 Å². The molecule has 0 atom stereocenters. The molecule has 0 saturated heterocycles. The lowest BCUT2D eigenvalue weighted by molar-refractivity contribution is 0.439. The van der Waals surface area contributed by atoms with Crippen molar-refractivity contribution < 1.29 is 0 Å². The van der Waals surface area contributed by atoms with Gasteiger partial charge in [0.05, 0.1) is 18.1 Å². The molecular weight excluding hydrogens is 384 g/mol. The van der Waals surface area contributed by atoms with Crippen molar-refractivity contribution in [2.45, 2.75) is 52.9 Å². The highest BCUT2D eigenvalue weighted by atomic mass is 15.2. The quantitative estimate of drug-likeness (QED) is 0.379. The van der Waals surface area contributed by atoms with Gasteiger partial charge in [0.15, 0.2) is 11.5 Å². The van der Waals surface area contributed by atoms with E-state index >= 15 is 0 Å². The van der Waals surface area contributed by atoms with E-state index in [1.54, 1.807) is 10.9 Å². The van der Waals surface area contributed by atoms with Crippen LogP contribution in [0.15, 0.2) is 67.1 Å². The van der Waals surface area contributed by atoms with Gasteiger partial charge in [0.1, 0.15) is 0 Å². The number of imidazole rings is 1. The van der Waals surface area contributed by atoms with Crippen LogP contribution in [-0.2, 0) is 7.05 Å². The first-order valence-corrected chi connectivity index (χ1v) is 11.1. The van der Waals surface area contributed by atoms with Gasteiger partial charge in [-0.25, -0.2) is 9.97 Å². The van der Waals surface area contributed by atoms with Gasteiger partial charge in [-0.15, -0.1) is 0 Å². The number of aryl methyl sites for hydroxylation is 1. The Bertz CT molecular complexity index is 1060. The fourth-order valence-corrected chi connectivity index (χ4v) is 4.10. The number of rotatable bonds is 11. The van der Waals surface area contributed by atoms with Gasteiger partial charge in [-0.05, 0) is 30.9 Å². The third-order valence-corrected chi connectivity index (χ3v) is 5.40. The van der Waals surface area contributed by atoms with Crippen molar-refractivity contribution in [2.75, 3.05) is 5.32 Å². The van der Waals surface area contributed by atoms with Crippen molar-refractivity contribution in [1.29, 1.82) is 0 Å². The van der Waals surface area contributed by atoms with Gasteiger partial charge >= 0.3 is 0 Å². The van der Waals surface area contributed by atoms with E-state index in [0.717, 1.165) is 34.8 Å². The van der Waals surface area contributed by atoms with Crippen molar-refractivity contribution in [3.63, 3.8) is 0 Å². The molecule has 0 aliphatic rings. The van der Waals surface area contributed by atoms with E-state index in [0.29, 0.717) is 5.92 Å². The maximum atomic E-state index is 4.61. The van der Waals surface area contributed by atoms with Crippen molar-refractivity contribution in [1.82, 2.24) is 24.1 Å². The Hall–Kier alpha value is -3.15. The summed E-state index contributed by atoms with van der Waals surface area (Å²) in [5.41, 5.74) is 5.13. The second-order valence-electron chi connectivity index (χ2n) is 8.09. The summed E-state index contributed by atoms with van der Waals surface area (Å²) >= 11 is 0. The number of anilines is 1. The molecule has 31 heavy (non-hydrogen) atoms. The van der Waals surface area contributed by atoms with Crippen molar-refractivity contribution in [2.24, 2.45) is 13.0 Å². The molecule has 1 N–H and O–H groups in total. The SMILES string of the molecule is C=C/C=C(\C=C(/C)Nc1nccn2c(-c3cnn(C)c3)cnc12)CC(CCC)CCC. The van der Waals surface area contributed by atoms with Gasteiger partial charge in [-0.1, -0.05) is 58.3 Å². The molecule has 0 amide bonds. The fourth-order valence-electron chi connectivity index (χ4n) is 4.10. The lowest BCUT2D eigenvalue weighted by Gasteiger charge is -2.16. The molecule has 6 nitrogen and oxygen atoms in total. The Morgan fingerprint density at radius 1 is 1.19 bits per heavy atom. The summed E-state index contributed by atoms with van der Waals surface area (Å²) in [6, 6.07) is 0. The summed E-state index contributed by atoms with van der Waals surface area (Å²) < 4.78 is 3.83. The maximum absolute atomic E-state index is 4.61. The van der Waals surface area contributed by atoms with E-state index in [4.69, 9.17) is 0 Å². The Balaban J connectivity index is 1.83. The third kappa shape index (κ3) is 5.72. The molecule has 0 radical (unpaired) electrons. The number of nitrogens with one attached hydrogen (secondary N) is 1. The standard InChI is InChI=1S/C25H34N6/c1-6-9-20(10-7-2)15-21(11-8-3)14-19(4)29-24-25-27-17-23(31(25)13-12-26-24)22-16-28-30(5)18-22/h8,11-14,16-18,20H,3,6-7,9-10,15H2,1-2,4-5H3,(H,26,29)/b19-14+,21-11+. The van der Waals surface area contributed by atoms with Gasteiger partial charge in [0.2, 0.25) is 0 Å². The van der Waals surface area contributed by atoms with E-state index < -0.39 is 0 Å². The van der Waals surface area contributed by atoms with Crippen LogP contribution in [0.5, 0.6) is 0 Å². The first-order valence-electron chi connectivity index (χ1n) is 11.1. The average molecular weight is 419 g/mol. The average Bonchev–Trinajstić information content (AvgIpc) is 3.35. The molecule has 0 bridgehead atoms. The minimum absolute atomic E-state index is 0.709. The van der Waals surface area contributed by atoms with E-state index in [1.165, 1.54) is 31.3 Å². The summed E-state index contributed by atoms with van der Waals surface area (Å²) in [4.78, 5) is 9.15. The third-order valence-electron chi connectivity index (χ3n) is 5.40. The molecule has 0 unspecified atom stereocenters. The molecular formula is C25H34N6. The molecule has 0 saturated carbocycles. The first kappa shape index (κ1) is 22.5. The smallest absolute Gasteiger partial charge is 0.180 e. The van der Waals surface area contributed by atoms with Crippen LogP contribution in [0.3, 0.4) is 0 Å². The van der Waals surface area contributed by atoms with E-state index in [9.17, 15) is 0 Å². The zero-order valence-electron chi connectivity index (χ0n) is 19.2. The molecule has 0 aromatic carbocycles. The summed E-state index contributed by atoms with van der Waals surface area (Å²) in [5, 5.41) is 7.72. The molecule has 0 spiro atoms. The van der Waals surface area contributed by atoms with Crippen LogP contribution in [0.4, 0.5) is 5.82 Å². The summed E-state index contributed by atoms with van der Waals surface area (Å²) in [5.74, 6) is 1.45. The second-order valence-corrected chi connectivity index (χ2v) is 8.09. The number of fused-ring (bicyclic) bond motifs is 1. The lowest BCUT2D eigenvalue weighted by atomic mass is 9.90. The summed E-state index contributed by atoms with van der Waals surface area (Å²) in [6.07, 6.45) is 21.6. The number of hydrogen-bond donors (Lipinski definition) is 1. The Morgan fingerprint density at radius 3 is 2.61 bits per heavy atom.